The summed E-state index contributed by atoms with van der Waals surface area (Å²) in [6.45, 7) is 1.48. The molecule has 0 aliphatic carbocycles. The van der Waals surface area contributed by atoms with Crippen molar-refractivity contribution in [3.63, 3.8) is 0 Å². The van der Waals surface area contributed by atoms with Gasteiger partial charge in [-0.05, 0) is 49.4 Å². The number of methoxy groups -OCH3 is 1. The molecule has 114 valence electrons. The van der Waals surface area contributed by atoms with Gasteiger partial charge in [0.25, 0.3) is 0 Å². The Morgan fingerprint density at radius 3 is 2.36 bits per heavy atom. The molecule has 0 unspecified atom stereocenters. The van der Waals surface area contributed by atoms with Crippen LogP contribution < -0.4 is 9.47 Å². The lowest BCUT2D eigenvalue weighted by molar-refractivity contribution is -0.133. The number of ether oxygens (including phenoxy) is 2. The van der Waals surface area contributed by atoms with Gasteiger partial charge in [-0.2, -0.15) is 0 Å². The summed E-state index contributed by atoms with van der Waals surface area (Å²) < 4.78 is 11.4. The Morgan fingerprint density at radius 1 is 1.09 bits per heavy atom. The fourth-order valence-electron chi connectivity index (χ4n) is 1.96. The Labute approximate surface area is 137 Å². The van der Waals surface area contributed by atoms with Crippen LogP contribution in [0.4, 0.5) is 0 Å². The van der Waals surface area contributed by atoms with Crippen LogP contribution in [0, 0.1) is 0 Å². The molecule has 0 amide bonds. The van der Waals surface area contributed by atoms with Crippen molar-refractivity contribution >= 4 is 27.7 Å². The highest BCUT2D eigenvalue weighted by Crippen LogP contribution is 2.22. The highest BCUT2D eigenvalue weighted by atomic mass is 79.9. The molecule has 2 rings (SSSR count). The Morgan fingerprint density at radius 2 is 1.77 bits per heavy atom. The van der Waals surface area contributed by atoms with Crippen molar-refractivity contribution in [2.45, 2.75) is 13.3 Å². The Balaban J connectivity index is 2.14. The first-order chi connectivity index (χ1) is 10.5. The zero-order valence-electron chi connectivity index (χ0n) is 12.3. The Hall–Kier alpha value is -2.14. The lowest BCUT2D eigenvalue weighted by atomic mass is 10.0. The molecule has 4 nitrogen and oxygen atoms in total. The summed E-state index contributed by atoms with van der Waals surface area (Å²) in [6.07, 6.45) is 0.0281. The van der Waals surface area contributed by atoms with Crippen molar-refractivity contribution in [2.24, 2.45) is 0 Å². The lowest BCUT2D eigenvalue weighted by Gasteiger charge is -2.10. The van der Waals surface area contributed by atoms with Crippen LogP contribution >= 0.6 is 15.9 Å². The number of Topliss-reactive ketones (excluding diaryl/α,β-unsaturated/α-hetero) is 1. The molecule has 0 aliphatic rings. The molecular formula is C17H15BrO4. The van der Waals surface area contributed by atoms with E-state index >= 15 is 0 Å². The first kappa shape index (κ1) is 16.2. The van der Waals surface area contributed by atoms with E-state index in [2.05, 4.69) is 15.9 Å². The number of benzene rings is 2. The van der Waals surface area contributed by atoms with Crippen molar-refractivity contribution in [2.75, 3.05) is 7.11 Å². The fourth-order valence-corrected chi connectivity index (χ4v) is 2.23. The molecule has 2 aromatic carbocycles. The normalized spacial score (nSPS) is 10.1. The van der Waals surface area contributed by atoms with Crippen LogP contribution in [-0.2, 0) is 11.2 Å². The van der Waals surface area contributed by atoms with E-state index in [-0.39, 0.29) is 12.2 Å². The van der Waals surface area contributed by atoms with Crippen LogP contribution in [-0.4, -0.2) is 18.9 Å². The minimum Gasteiger partial charge on any atom is -0.496 e. The Bertz CT molecular complexity index is 692. The number of carbonyl (C=O) groups is 2. The Kier molecular flexibility index (Phi) is 5.33. The van der Waals surface area contributed by atoms with Gasteiger partial charge in [-0.1, -0.05) is 15.9 Å². The van der Waals surface area contributed by atoms with Crippen LogP contribution in [0.2, 0.25) is 0 Å². The van der Waals surface area contributed by atoms with Crippen LogP contribution in [0.3, 0.4) is 0 Å². The molecule has 0 heterocycles. The topological polar surface area (TPSA) is 52.6 Å². The number of hydrogen-bond acceptors (Lipinski definition) is 4. The van der Waals surface area contributed by atoms with E-state index < -0.39 is 5.97 Å². The van der Waals surface area contributed by atoms with E-state index in [4.69, 9.17) is 9.47 Å². The van der Waals surface area contributed by atoms with Gasteiger partial charge < -0.3 is 9.47 Å². The molecule has 0 N–H and O–H groups in total. The molecule has 22 heavy (non-hydrogen) atoms. The largest absolute Gasteiger partial charge is 0.496 e. The van der Waals surface area contributed by atoms with Crippen LogP contribution in [0.1, 0.15) is 22.8 Å². The predicted molar refractivity (Wildman–Crippen MR) is 86.5 cm³/mol. The van der Waals surface area contributed by atoms with E-state index in [9.17, 15) is 9.59 Å². The van der Waals surface area contributed by atoms with E-state index in [0.717, 1.165) is 4.47 Å². The molecule has 0 aromatic heterocycles. The third-order valence-electron chi connectivity index (χ3n) is 3.07. The second kappa shape index (κ2) is 7.22. The van der Waals surface area contributed by atoms with Crippen molar-refractivity contribution in [3.8, 4) is 11.5 Å². The van der Waals surface area contributed by atoms with Gasteiger partial charge in [-0.25, -0.2) is 0 Å². The van der Waals surface area contributed by atoms with Gasteiger partial charge in [-0.3, -0.25) is 9.59 Å². The van der Waals surface area contributed by atoms with E-state index in [0.29, 0.717) is 22.6 Å². The minimum atomic E-state index is -0.415. The molecule has 5 heteroatoms. The third kappa shape index (κ3) is 4.18. The maximum Gasteiger partial charge on any atom is 0.315 e. The molecule has 0 bridgehead atoms. The van der Waals surface area contributed by atoms with Gasteiger partial charge in [0.15, 0.2) is 5.78 Å². The number of rotatable bonds is 5. The van der Waals surface area contributed by atoms with Gasteiger partial charge in [0.05, 0.1) is 13.5 Å². The first-order valence-corrected chi connectivity index (χ1v) is 7.43. The molecule has 0 atom stereocenters. The predicted octanol–water partition coefficient (Wildman–Crippen LogP) is 3.81. The summed E-state index contributed by atoms with van der Waals surface area (Å²) in [6, 6.07) is 12.0. The lowest BCUT2D eigenvalue weighted by Crippen LogP contribution is -2.12. The second-order valence-corrected chi connectivity index (χ2v) is 5.60. The second-order valence-electron chi connectivity index (χ2n) is 4.69. The van der Waals surface area contributed by atoms with Crippen molar-refractivity contribution in [1.82, 2.24) is 0 Å². The summed E-state index contributed by atoms with van der Waals surface area (Å²) in [5.74, 6) is 0.541. The monoisotopic (exact) mass is 362 g/mol. The average Bonchev–Trinajstić information content (AvgIpc) is 2.49. The zero-order valence-corrected chi connectivity index (χ0v) is 13.8. The number of ketones is 1. The molecule has 0 radical (unpaired) electrons. The van der Waals surface area contributed by atoms with E-state index in [1.165, 1.54) is 14.0 Å². The standard InChI is InChI=1S/C17H15BrO4/c1-11(19)12-3-8-16(21-2)13(9-12)10-17(20)22-15-6-4-14(18)5-7-15/h3-9H,10H2,1-2H3. The summed E-state index contributed by atoms with van der Waals surface area (Å²) in [5.41, 5.74) is 1.16. The van der Waals surface area contributed by atoms with Crippen LogP contribution in [0.25, 0.3) is 0 Å². The van der Waals surface area contributed by atoms with Crippen LogP contribution in [0.15, 0.2) is 46.9 Å². The highest BCUT2D eigenvalue weighted by molar-refractivity contribution is 9.10. The summed E-state index contributed by atoms with van der Waals surface area (Å²) in [4.78, 5) is 23.5. The summed E-state index contributed by atoms with van der Waals surface area (Å²) >= 11 is 3.32. The summed E-state index contributed by atoms with van der Waals surface area (Å²) in [7, 11) is 1.52. The average molecular weight is 363 g/mol. The highest BCUT2D eigenvalue weighted by Gasteiger charge is 2.13. The van der Waals surface area contributed by atoms with Crippen molar-refractivity contribution in [3.05, 3.63) is 58.1 Å². The SMILES string of the molecule is COc1ccc(C(C)=O)cc1CC(=O)Oc1ccc(Br)cc1. The third-order valence-corrected chi connectivity index (χ3v) is 3.60. The number of halogens is 1. The van der Waals surface area contributed by atoms with E-state index in [1.54, 1.807) is 42.5 Å². The van der Waals surface area contributed by atoms with Gasteiger partial charge in [0.1, 0.15) is 11.5 Å². The smallest absolute Gasteiger partial charge is 0.315 e. The maximum atomic E-state index is 12.0. The molecule has 2 aromatic rings. The minimum absolute atomic E-state index is 0.0281. The molecular weight excluding hydrogens is 348 g/mol. The maximum absolute atomic E-state index is 12.0. The molecule has 0 saturated carbocycles. The molecule has 0 aliphatic heterocycles. The van der Waals surface area contributed by atoms with E-state index in [1.807, 2.05) is 0 Å². The molecule has 0 fully saturated rings. The first-order valence-electron chi connectivity index (χ1n) is 6.63. The van der Waals surface area contributed by atoms with Crippen molar-refractivity contribution < 1.29 is 19.1 Å². The van der Waals surface area contributed by atoms with Gasteiger partial charge >= 0.3 is 5.97 Å². The number of hydrogen-bond donors (Lipinski definition) is 0. The van der Waals surface area contributed by atoms with Gasteiger partial charge in [0.2, 0.25) is 0 Å². The quantitative estimate of drug-likeness (QED) is 0.461. The summed E-state index contributed by atoms with van der Waals surface area (Å²) in [5, 5.41) is 0. The zero-order chi connectivity index (χ0) is 16.1. The molecule has 0 saturated heterocycles. The van der Waals surface area contributed by atoms with Crippen molar-refractivity contribution in [1.29, 1.82) is 0 Å². The van der Waals surface area contributed by atoms with Gasteiger partial charge in [0, 0.05) is 15.6 Å². The van der Waals surface area contributed by atoms with Gasteiger partial charge in [-0.15, -0.1) is 0 Å². The van der Waals surface area contributed by atoms with Crippen LogP contribution in [0.5, 0.6) is 11.5 Å². The number of esters is 1. The number of carbonyl (C=O) groups excluding carboxylic acids is 2. The molecule has 0 spiro atoms. The fraction of sp³-hybridized carbons (Fsp3) is 0.176.